The van der Waals surface area contributed by atoms with E-state index in [9.17, 15) is 9.18 Å². The van der Waals surface area contributed by atoms with Gasteiger partial charge < -0.3 is 14.6 Å². The number of nitrogens with one attached hydrogen (secondary N) is 1. The zero-order chi connectivity index (χ0) is 13.8. The lowest BCUT2D eigenvalue weighted by atomic mass is 10.1. The third kappa shape index (κ3) is 2.86. The van der Waals surface area contributed by atoms with Crippen LogP contribution in [0.15, 0.2) is 24.4 Å². The molecule has 5 heteroatoms. The van der Waals surface area contributed by atoms with E-state index >= 15 is 0 Å². The number of aromatic amines is 1. The van der Waals surface area contributed by atoms with Crippen LogP contribution in [0.25, 0.3) is 10.9 Å². The lowest BCUT2D eigenvalue weighted by Gasteiger charge is -2.16. The number of methoxy groups -OCH3 is 1. The molecule has 19 heavy (non-hydrogen) atoms. The predicted octanol–water partition coefficient (Wildman–Crippen LogP) is 2.49. The Bertz CT molecular complexity index is 580. The van der Waals surface area contributed by atoms with E-state index in [2.05, 4.69) is 4.98 Å². The van der Waals surface area contributed by atoms with Crippen LogP contribution in [0.3, 0.4) is 0 Å². The molecule has 0 unspecified atom stereocenters. The van der Waals surface area contributed by atoms with E-state index in [0.717, 1.165) is 22.2 Å². The minimum Gasteiger partial charge on any atom is -0.497 e. The van der Waals surface area contributed by atoms with Gasteiger partial charge in [0, 0.05) is 30.6 Å². The first-order chi connectivity index (χ1) is 9.15. The van der Waals surface area contributed by atoms with E-state index < -0.39 is 6.80 Å². The zero-order valence-electron chi connectivity index (χ0n) is 11.1. The van der Waals surface area contributed by atoms with Crippen LogP contribution in [0.2, 0.25) is 0 Å². The van der Waals surface area contributed by atoms with E-state index in [-0.39, 0.29) is 5.91 Å². The third-order valence-electron chi connectivity index (χ3n) is 3.22. The van der Waals surface area contributed by atoms with Crippen LogP contribution in [0, 0.1) is 0 Å². The Kier molecular flexibility index (Phi) is 4.04. The number of alkyl halides is 1. The van der Waals surface area contributed by atoms with Crippen molar-refractivity contribution in [2.75, 3.05) is 20.5 Å². The van der Waals surface area contributed by atoms with E-state index in [0.29, 0.717) is 13.0 Å². The second-order valence-electron chi connectivity index (χ2n) is 4.38. The first-order valence-corrected chi connectivity index (χ1v) is 6.11. The molecule has 0 bridgehead atoms. The van der Waals surface area contributed by atoms with Gasteiger partial charge in [0.1, 0.15) is 5.75 Å². The SMILES string of the molecule is COc1ccc2[nH]cc(CCN(CF)C(C)=O)c2c1. The Labute approximate surface area is 111 Å². The number of carbonyl (C=O) groups excluding carboxylic acids is 1. The maximum absolute atomic E-state index is 12.6. The van der Waals surface area contributed by atoms with Gasteiger partial charge in [-0.2, -0.15) is 0 Å². The highest BCUT2D eigenvalue weighted by atomic mass is 19.1. The quantitative estimate of drug-likeness (QED) is 0.843. The minimum atomic E-state index is -0.749. The van der Waals surface area contributed by atoms with E-state index in [1.54, 1.807) is 7.11 Å². The summed E-state index contributed by atoms with van der Waals surface area (Å²) in [6.45, 7) is 0.995. The summed E-state index contributed by atoms with van der Waals surface area (Å²) in [7, 11) is 1.62. The van der Waals surface area contributed by atoms with Crippen LogP contribution in [0.5, 0.6) is 5.75 Å². The number of fused-ring (bicyclic) bond motifs is 1. The van der Waals surface area contributed by atoms with Gasteiger partial charge in [-0.15, -0.1) is 0 Å². The zero-order valence-corrected chi connectivity index (χ0v) is 11.1. The molecule has 1 N–H and O–H groups in total. The molecule has 2 aromatic rings. The summed E-state index contributed by atoms with van der Waals surface area (Å²) in [5.74, 6) is 0.530. The number of ether oxygens (including phenoxy) is 1. The minimum absolute atomic E-state index is 0.250. The van der Waals surface area contributed by atoms with Gasteiger partial charge in [0.05, 0.1) is 7.11 Å². The van der Waals surface area contributed by atoms with Crippen molar-refractivity contribution >= 4 is 16.8 Å². The molecular weight excluding hydrogens is 247 g/mol. The number of nitrogens with zero attached hydrogens (tertiary/aromatic N) is 1. The fraction of sp³-hybridized carbons (Fsp3) is 0.357. The van der Waals surface area contributed by atoms with E-state index in [1.807, 2.05) is 24.4 Å². The Hall–Kier alpha value is -2.04. The van der Waals surface area contributed by atoms with Gasteiger partial charge in [-0.3, -0.25) is 4.79 Å². The second-order valence-corrected chi connectivity index (χ2v) is 4.38. The van der Waals surface area contributed by atoms with Crippen molar-refractivity contribution in [1.29, 1.82) is 0 Å². The molecule has 1 heterocycles. The van der Waals surface area contributed by atoms with Gasteiger partial charge in [0.2, 0.25) is 5.91 Å². The molecule has 0 atom stereocenters. The molecule has 102 valence electrons. The summed E-state index contributed by atoms with van der Waals surface area (Å²) >= 11 is 0. The smallest absolute Gasteiger partial charge is 0.221 e. The number of hydrogen-bond acceptors (Lipinski definition) is 2. The number of carbonyl (C=O) groups is 1. The van der Waals surface area contributed by atoms with Gasteiger partial charge >= 0.3 is 0 Å². The second kappa shape index (κ2) is 5.73. The van der Waals surface area contributed by atoms with Crippen LogP contribution in [-0.2, 0) is 11.2 Å². The average Bonchev–Trinajstić information content (AvgIpc) is 2.81. The van der Waals surface area contributed by atoms with Crippen LogP contribution >= 0.6 is 0 Å². The molecule has 1 aromatic heterocycles. The molecule has 4 nitrogen and oxygen atoms in total. The molecule has 0 aliphatic rings. The average molecular weight is 264 g/mol. The number of halogens is 1. The Morgan fingerprint density at radius 3 is 2.89 bits per heavy atom. The van der Waals surface area contributed by atoms with Crippen molar-refractivity contribution in [3.05, 3.63) is 30.0 Å². The third-order valence-corrected chi connectivity index (χ3v) is 3.22. The Morgan fingerprint density at radius 2 is 2.26 bits per heavy atom. The predicted molar refractivity (Wildman–Crippen MR) is 71.9 cm³/mol. The van der Waals surface area contributed by atoms with Gasteiger partial charge in [-0.1, -0.05) is 0 Å². The molecule has 0 fully saturated rings. The largest absolute Gasteiger partial charge is 0.497 e. The maximum atomic E-state index is 12.6. The highest BCUT2D eigenvalue weighted by Gasteiger charge is 2.10. The van der Waals surface area contributed by atoms with Crippen LogP contribution in [0.4, 0.5) is 4.39 Å². The number of benzene rings is 1. The Balaban J connectivity index is 2.18. The van der Waals surface area contributed by atoms with Crippen LogP contribution in [-0.4, -0.2) is 36.2 Å². The van der Waals surface area contributed by atoms with Gasteiger partial charge in [0.15, 0.2) is 6.80 Å². The summed E-state index contributed by atoms with van der Waals surface area (Å²) in [5.41, 5.74) is 2.05. The monoisotopic (exact) mass is 264 g/mol. The molecule has 1 amide bonds. The fourth-order valence-electron chi connectivity index (χ4n) is 2.05. The highest BCUT2D eigenvalue weighted by molar-refractivity contribution is 5.84. The van der Waals surface area contributed by atoms with Crippen molar-refractivity contribution in [2.45, 2.75) is 13.3 Å². The standard InChI is InChI=1S/C14H17FN2O2/c1-10(18)17(9-15)6-5-11-8-16-14-4-3-12(19-2)7-13(11)14/h3-4,7-8,16H,5-6,9H2,1-2H3. The normalized spacial score (nSPS) is 10.7. The molecular formula is C14H17FN2O2. The van der Waals surface area contributed by atoms with Crippen molar-refractivity contribution < 1.29 is 13.9 Å². The number of H-pyrrole nitrogens is 1. The van der Waals surface area contributed by atoms with Crippen molar-refractivity contribution in [1.82, 2.24) is 9.88 Å². The highest BCUT2D eigenvalue weighted by Crippen LogP contribution is 2.24. The van der Waals surface area contributed by atoms with Gasteiger partial charge in [-0.25, -0.2) is 4.39 Å². The van der Waals surface area contributed by atoms with E-state index in [4.69, 9.17) is 4.74 Å². The van der Waals surface area contributed by atoms with Crippen molar-refractivity contribution in [2.24, 2.45) is 0 Å². The summed E-state index contributed by atoms with van der Waals surface area (Å²) < 4.78 is 17.8. The Morgan fingerprint density at radius 1 is 1.47 bits per heavy atom. The topological polar surface area (TPSA) is 45.3 Å². The van der Waals surface area contributed by atoms with Gasteiger partial charge in [0.25, 0.3) is 0 Å². The molecule has 0 aliphatic heterocycles. The molecule has 0 saturated carbocycles. The molecule has 2 rings (SSSR count). The summed E-state index contributed by atoms with van der Waals surface area (Å²) in [6, 6.07) is 5.76. The molecule has 0 saturated heterocycles. The summed E-state index contributed by atoms with van der Waals surface area (Å²) in [5, 5.41) is 1.04. The van der Waals surface area contributed by atoms with Crippen LogP contribution in [0.1, 0.15) is 12.5 Å². The molecule has 0 spiro atoms. The molecule has 1 aromatic carbocycles. The summed E-state index contributed by atoms with van der Waals surface area (Å²) in [6.07, 6.45) is 2.50. The number of hydrogen-bond donors (Lipinski definition) is 1. The first kappa shape index (κ1) is 13.4. The lowest BCUT2D eigenvalue weighted by molar-refractivity contribution is -0.130. The van der Waals surface area contributed by atoms with Crippen LogP contribution < -0.4 is 4.74 Å². The number of rotatable bonds is 5. The molecule has 0 aliphatic carbocycles. The van der Waals surface area contributed by atoms with Crippen molar-refractivity contribution in [3.8, 4) is 5.75 Å². The maximum Gasteiger partial charge on any atom is 0.221 e. The number of aromatic nitrogens is 1. The molecule has 0 radical (unpaired) electrons. The lowest BCUT2D eigenvalue weighted by Crippen LogP contribution is -2.29. The first-order valence-electron chi connectivity index (χ1n) is 6.11. The number of amides is 1. The van der Waals surface area contributed by atoms with Crippen molar-refractivity contribution in [3.63, 3.8) is 0 Å². The summed E-state index contributed by atoms with van der Waals surface area (Å²) in [4.78, 5) is 15.5. The van der Waals surface area contributed by atoms with Gasteiger partial charge in [-0.05, 0) is 30.2 Å². The fourth-order valence-corrected chi connectivity index (χ4v) is 2.05. The van der Waals surface area contributed by atoms with E-state index in [1.165, 1.54) is 11.8 Å².